The second-order valence-corrected chi connectivity index (χ2v) is 25.4. The average molecular weight is 507 g/mol. The van der Waals surface area contributed by atoms with Gasteiger partial charge < -0.3 is 16.8 Å². The Morgan fingerprint density at radius 3 is 1.19 bits per heavy atom. The number of carbonyl (C=O) groups excluding carboxylic acids is 1. The van der Waals surface area contributed by atoms with Crippen molar-refractivity contribution in [2.75, 3.05) is 0 Å². The molecular weight excluding hydrogens is 457 g/mol. The zero-order chi connectivity index (χ0) is 24.3. The van der Waals surface area contributed by atoms with E-state index in [1.807, 2.05) is 0 Å². The molecule has 0 aromatic carbocycles. The molecule has 0 saturated carbocycles. The molecule has 0 fully saturated rings. The normalized spacial score (nSPS) is 13.4. The third-order valence-electron chi connectivity index (χ3n) is 6.94. The van der Waals surface area contributed by atoms with E-state index in [-0.39, 0.29) is 5.97 Å². The number of hydrogen-bond acceptors (Lipinski definition) is 5. The summed E-state index contributed by atoms with van der Waals surface area (Å²) in [5.41, 5.74) is 0.419. The van der Waals surface area contributed by atoms with Gasteiger partial charge in [0.15, 0.2) is 8.32 Å². The van der Waals surface area contributed by atoms with Crippen molar-refractivity contribution < 1.29 is 21.6 Å². The predicted molar refractivity (Wildman–Crippen MR) is 142 cm³/mol. The minimum Gasteiger partial charge on any atom is -0.491 e. The van der Waals surface area contributed by atoms with Crippen molar-refractivity contribution in [1.82, 2.24) is 0 Å². The fourth-order valence-corrected chi connectivity index (χ4v) is 25.1. The van der Waals surface area contributed by atoms with E-state index in [9.17, 15) is 4.79 Å². The van der Waals surface area contributed by atoms with E-state index >= 15 is 0 Å². The van der Waals surface area contributed by atoms with E-state index in [0.29, 0.717) is 17.7 Å². The third kappa shape index (κ3) is 8.04. The summed E-state index contributed by atoms with van der Waals surface area (Å²) in [5.74, 6) is -0.342. The highest BCUT2D eigenvalue weighted by molar-refractivity contribution is 6.91. The quantitative estimate of drug-likeness (QED) is 0.150. The van der Waals surface area contributed by atoms with Crippen LogP contribution in [0.5, 0.6) is 0 Å². The van der Waals surface area contributed by atoms with Gasteiger partial charge in [0.1, 0.15) is 0 Å². The summed E-state index contributed by atoms with van der Waals surface area (Å²) < 4.78 is 27.3. The highest BCUT2D eigenvalue weighted by atomic mass is 28.5. The van der Waals surface area contributed by atoms with E-state index in [1.165, 1.54) is 0 Å². The van der Waals surface area contributed by atoms with Crippen LogP contribution in [0.1, 0.15) is 69.2 Å². The SMILES string of the molecule is C=C(C)C(=O)O[Si](CC)(CC)O[Si](CC)(CC)O[Si](CC)(CC)O[Si](CC)(CC)CC. The smallest absolute Gasteiger partial charge is 0.392 e. The fourth-order valence-electron chi connectivity index (χ4n) is 3.97. The van der Waals surface area contributed by atoms with E-state index in [4.69, 9.17) is 16.8 Å². The molecule has 0 atom stereocenters. The molecule has 9 heteroatoms. The minimum atomic E-state index is -2.75. The molecule has 184 valence electrons. The average Bonchev–Trinajstić information content (AvgIpc) is 2.80. The largest absolute Gasteiger partial charge is 0.491 e. The molecule has 0 radical (unpaired) electrons. The van der Waals surface area contributed by atoms with Gasteiger partial charge in [0.25, 0.3) is 0 Å². The number of hydrogen-bond donors (Lipinski definition) is 0. The van der Waals surface area contributed by atoms with E-state index in [1.54, 1.807) is 6.92 Å². The molecule has 0 N–H and O–H groups in total. The molecule has 0 amide bonds. The van der Waals surface area contributed by atoms with Crippen LogP contribution in [0.4, 0.5) is 0 Å². The molecule has 0 bridgehead atoms. The van der Waals surface area contributed by atoms with Crippen LogP contribution in [0.15, 0.2) is 12.2 Å². The van der Waals surface area contributed by atoms with Gasteiger partial charge in [-0.25, -0.2) is 4.79 Å². The van der Waals surface area contributed by atoms with Crippen molar-refractivity contribution in [1.29, 1.82) is 0 Å². The van der Waals surface area contributed by atoms with Crippen LogP contribution in [-0.4, -0.2) is 40.0 Å². The zero-order valence-electron chi connectivity index (χ0n) is 22.1. The molecular formula is C22H50O5Si4. The van der Waals surface area contributed by atoms with Crippen molar-refractivity contribution in [2.45, 2.75) is 124 Å². The second-order valence-electron chi connectivity index (χ2n) is 8.57. The molecule has 0 aromatic rings. The van der Waals surface area contributed by atoms with Crippen molar-refractivity contribution in [2.24, 2.45) is 0 Å². The molecule has 0 aliphatic heterocycles. The molecule has 0 spiro atoms. The summed E-state index contributed by atoms with van der Waals surface area (Å²) >= 11 is 0. The predicted octanol–water partition coefficient (Wildman–Crippen LogP) is 7.61. The van der Waals surface area contributed by atoms with Crippen LogP contribution in [0.3, 0.4) is 0 Å². The molecule has 0 aliphatic carbocycles. The Hall–Kier alpha value is -0.0425. The summed E-state index contributed by atoms with van der Waals surface area (Å²) in [7, 11) is -9.64. The molecule has 0 saturated heterocycles. The maximum atomic E-state index is 12.4. The Bertz CT molecular complexity index is 546. The van der Waals surface area contributed by atoms with Crippen LogP contribution < -0.4 is 0 Å². The number of carbonyl (C=O) groups is 1. The summed E-state index contributed by atoms with van der Waals surface area (Å²) in [6, 6.07) is 8.29. The van der Waals surface area contributed by atoms with Gasteiger partial charge in [-0.05, 0) is 61.3 Å². The maximum Gasteiger partial charge on any atom is 0.392 e. The Labute approximate surface area is 197 Å². The van der Waals surface area contributed by atoms with Gasteiger partial charge in [0.2, 0.25) is 0 Å². The first-order chi connectivity index (χ1) is 14.5. The summed E-state index contributed by atoms with van der Waals surface area (Å²) in [4.78, 5) is 12.4. The molecule has 0 unspecified atom stereocenters. The molecule has 5 nitrogen and oxygen atoms in total. The number of rotatable bonds is 17. The lowest BCUT2D eigenvalue weighted by Gasteiger charge is -2.47. The minimum absolute atomic E-state index is 0.342. The van der Waals surface area contributed by atoms with Gasteiger partial charge in [-0.1, -0.05) is 68.9 Å². The Morgan fingerprint density at radius 1 is 0.581 bits per heavy atom. The lowest BCUT2D eigenvalue weighted by Crippen LogP contribution is -2.62. The van der Waals surface area contributed by atoms with Crippen LogP contribution >= 0.6 is 0 Å². The first-order valence-corrected chi connectivity index (χ1v) is 21.7. The highest BCUT2D eigenvalue weighted by Gasteiger charge is 2.53. The monoisotopic (exact) mass is 506 g/mol. The molecule has 31 heavy (non-hydrogen) atoms. The second kappa shape index (κ2) is 13.6. The Morgan fingerprint density at radius 2 is 0.903 bits per heavy atom. The first-order valence-electron chi connectivity index (χ1n) is 12.5. The van der Waals surface area contributed by atoms with Crippen LogP contribution in [0, 0.1) is 0 Å². The van der Waals surface area contributed by atoms with Crippen molar-refractivity contribution in [3.05, 3.63) is 12.2 Å². The molecule has 0 aromatic heterocycles. The van der Waals surface area contributed by atoms with Gasteiger partial charge in [-0.15, -0.1) is 0 Å². The fraction of sp³-hybridized carbons (Fsp3) is 0.864. The van der Waals surface area contributed by atoms with Gasteiger partial charge in [0, 0.05) is 5.57 Å². The van der Waals surface area contributed by atoms with E-state index in [2.05, 4.69) is 68.9 Å². The molecule has 0 rings (SSSR count). The lowest BCUT2D eigenvalue weighted by molar-refractivity contribution is -0.132. The lowest BCUT2D eigenvalue weighted by atomic mass is 10.4. The van der Waals surface area contributed by atoms with Crippen molar-refractivity contribution in [3.8, 4) is 0 Å². The van der Waals surface area contributed by atoms with Gasteiger partial charge in [-0.3, -0.25) is 0 Å². The third-order valence-corrected chi connectivity index (χ3v) is 27.0. The Balaban J connectivity index is 6.17. The maximum absolute atomic E-state index is 12.4. The standard InChI is InChI=1S/C22H50O5Si4/c1-12-28(13-2,14-3)25-30(17-6,18-7)27-31(19-8,20-9)26-29(15-4,16-5)24-22(23)21(10)11/h10,12-20H2,1-9,11H3. The molecule has 0 heterocycles. The first kappa shape index (κ1) is 31.0. The van der Waals surface area contributed by atoms with E-state index in [0.717, 1.165) is 42.3 Å². The summed E-state index contributed by atoms with van der Waals surface area (Å²) in [6.45, 7) is 25.2. The topological polar surface area (TPSA) is 54.0 Å². The van der Waals surface area contributed by atoms with Crippen LogP contribution in [0.2, 0.25) is 54.4 Å². The van der Waals surface area contributed by atoms with Gasteiger partial charge >= 0.3 is 31.7 Å². The highest BCUT2D eigenvalue weighted by Crippen LogP contribution is 2.37. The van der Waals surface area contributed by atoms with Gasteiger partial charge in [-0.2, -0.15) is 0 Å². The Kier molecular flexibility index (Phi) is 13.6. The van der Waals surface area contributed by atoms with Crippen LogP contribution in [-0.2, 0) is 21.6 Å². The van der Waals surface area contributed by atoms with Crippen molar-refractivity contribution >= 4 is 40.0 Å². The molecule has 0 aliphatic rings. The zero-order valence-corrected chi connectivity index (χ0v) is 26.1. The van der Waals surface area contributed by atoms with E-state index < -0.39 is 34.0 Å². The summed E-state index contributed by atoms with van der Waals surface area (Å²) in [6.07, 6.45) is 0. The van der Waals surface area contributed by atoms with Crippen molar-refractivity contribution in [3.63, 3.8) is 0 Å². The van der Waals surface area contributed by atoms with Gasteiger partial charge in [0.05, 0.1) is 0 Å². The van der Waals surface area contributed by atoms with Crippen LogP contribution in [0.25, 0.3) is 0 Å². The summed E-state index contributed by atoms with van der Waals surface area (Å²) in [5, 5.41) is 0.